The van der Waals surface area contributed by atoms with Crippen molar-refractivity contribution >= 4 is 91.6 Å². The zero-order chi connectivity index (χ0) is 22.9. The number of nitriles is 1. The summed E-state index contributed by atoms with van der Waals surface area (Å²) in [6, 6.07) is 14.2. The molecular formula is C22H13Cl3I2N2O2. The minimum atomic E-state index is -0.586. The van der Waals surface area contributed by atoms with Gasteiger partial charge in [-0.05, 0) is 93.1 Å². The Labute approximate surface area is 221 Å². The van der Waals surface area contributed by atoms with Gasteiger partial charge in [0.1, 0.15) is 5.75 Å². The summed E-state index contributed by atoms with van der Waals surface area (Å²) in [5, 5.41) is 24.2. The lowest BCUT2D eigenvalue weighted by Crippen LogP contribution is -2.14. The van der Waals surface area contributed by atoms with E-state index in [9.17, 15) is 15.2 Å². The van der Waals surface area contributed by atoms with Crippen LogP contribution >= 0.6 is 80.0 Å². The van der Waals surface area contributed by atoms with E-state index in [0.29, 0.717) is 33.5 Å². The van der Waals surface area contributed by atoms with Crippen LogP contribution in [0.3, 0.4) is 0 Å². The Kier molecular flexibility index (Phi) is 7.97. The number of amides is 1. The highest BCUT2D eigenvalue weighted by molar-refractivity contribution is 14.1. The number of hydrogen-bond donors (Lipinski definition) is 2. The molecule has 158 valence electrons. The van der Waals surface area contributed by atoms with Gasteiger partial charge in [-0.25, -0.2) is 0 Å². The molecule has 0 aliphatic heterocycles. The maximum absolute atomic E-state index is 12.8. The summed E-state index contributed by atoms with van der Waals surface area (Å²) in [4.78, 5) is 12.8. The Morgan fingerprint density at radius 3 is 2.39 bits per heavy atom. The first-order chi connectivity index (χ1) is 14.6. The van der Waals surface area contributed by atoms with Gasteiger partial charge in [-0.3, -0.25) is 4.79 Å². The minimum Gasteiger partial charge on any atom is -0.506 e. The van der Waals surface area contributed by atoms with E-state index in [1.165, 1.54) is 6.07 Å². The number of rotatable bonds is 4. The van der Waals surface area contributed by atoms with Gasteiger partial charge >= 0.3 is 0 Å². The summed E-state index contributed by atoms with van der Waals surface area (Å²) < 4.78 is 1.05. The zero-order valence-electron chi connectivity index (χ0n) is 15.8. The van der Waals surface area contributed by atoms with Gasteiger partial charge in [0.25, 0.3) is 5.91 Å². The standard InChI is InChI=1S/C22H13Cl3I2N2O2/c1-10-6-13(15(9-28)11-2-4-12(23)5-3-11)16(24)8-18(10)29-22(31)14-7-17(26)19(25)20(27)21(14)30/h2-8,15,30H,1H3,(H,29,31). The summed E-state index contributed by atoms with van der Waals surface area (Å²) in [5.74, 6) is -1.26. The first kappa shape index (κ1) is 24.4. The molecule has 1 amide bonds. The summed E-state index contributed by atoms with van der Waals surface area (Å²) in [6.07, 6.45) is 0. The number of phenolic OH excluding ortho intramolecular Hbond substituents is 1. The van der Waals surface area contributed by atoms with Gasteiger partial charge in [-0.2, -0.15) is 5.26 Å². The number of halogens is 5. The van der Waals surface area contributed by atoms with E-state index in [4.69, 9.17) is 34.8 Å². The van der Waals surface area contributed by atoms with Crippen LogP contribution in [0.15, 0.2) is 42.5 Å². The number of nitrogens with one attached hydrogen (secondary N) is 1. The number of phenols is 1. The molecule has 1 atom stereocenters. The Morgan fingerprint density at radius 1 is 1.13 bits per heavy atom. The van der Waals surface area contributed by atoms with Crippen molar-refractivity contribution in [1.82, 2.24) is 0 Å². The average molecular weight is 698 g/mol. The predicted octanol–water partition coefficient (Wildman–Crippen LogP) is 7.78. The molecule has 4 nitrogen and oxygen atoms in total. The van der Waals surface area contributed by atoms with Crippen LogP contribution in [0, 0.1) is 25.4 Å². The van der Waals surface area contributed by atoms with Gasteiger partial charge in [0.2, 0.25) is 0 Å². The van der Waals surface area contributed by atoms with E-state index in [1.807, 2.05) is 45.2 Å². The quantitative estimate of drug-likeness (QED) is 0.216. The Morgan fingerprint density at radius 2 is 1.77 bits per heavy atom. The highest BCUT2D eigenvalue weighted by atomic mass is 127. The van der Waals surface area contributed by atoms with Gasteiger partial charge in [-0.1, -0.05) is 53.0 Å². The summed E-state index contributed by atoms with van der Waals surface area (Å²) in [5.41, 5.74) is 2.69. The van der Waals surface area contributed by atoms with Gasteiger partial charge in [0.05, 0.1) is 26.1 Å². The van der Waals surface area contributed by atoms with E-state index in [2.05, 4.69) is 11.4 Å². The third kappa shape index (κ3) is 5.22. The number of aromatic hydroxyl groups is 1. The molecule has 0 saturated carbocycles. The first-order valence-electron chi connectivity index (χ1n) is 8.77. The third-order valence-corrected chi connectivity index (χ3v) is 8.13. The largest absolute Gasteiger partial charge is 0.506 e. The van der Waals surface area contributed by atoms with Crippen molar-refractivity contribution in [3.8, 4) is 11.8 Å². The Balaban J connectivity index is 1.95. The molecule has 1 unspecified atom stereocenters. The molecule has 9 heteroatoms. The fourth-order valence-electron chi connectivity index (χ4n) is 2.99. The van der Waals surface area contributed by atoms with Crippen LogP contribution in [-0.4, -0.2) is 11.0 Å². The maximum atomic E-state index is 12.8. The minimum absolute atomic E-state index is 0.105. The number of aryl methyl sites for hydroxylation is 1. The highest BCUT2D eigenvalue weighted by Crippen LogP contribution is 2.37. The topological polar surface area (TPSA) is 73.1 Å². The van der Waals surface area contributed by atoms with Crippen LogP contribution in [0.25, 0.3) is 0 Å². The summed E-state index contributed by atoms with van der Waals surface area (Å²) in [6.45, 7) is 1.81. The summed E-state index contributed by atoms with van der Waals surface area (Å²) in [7, 11) is 0. The van der Waals surface area contributed by atoms with Gasteiger partial charge in [0, 0.05) is 19.3 Å². The van der Waals surface area contributed by atoms with Crippen molar-refractivity contribution in [1.29, 1.82) is 5.26 Å². The van der Waals surface area contributed by atoms with Crippen LogP contribution in [-0.2, 0) is 0 Å². The fraction of sp³-hybridized carbons (Fsp3) is 0.0909. The first-order valence-corrected chi connectivity index (χ1v) is 12.1. The smallest absolute Gasteiger partial charge is 0.259 e. The lowest BCUT2D eigenvalue weighted by atomic mass is 9.91. The molecule has 31 heavy (non-hydrogen) atoms. The molecule has 3 aromatic rings. The number of carbonyl (C=O) groups excluding carboxylic acids is 1. The normalized spacial score (nSPS) is 11.6. The van der Waals surface area contributed by atoms with E-state index in [1.54, 1.807) is 43.3 Å². The molecule has 0 heterocycles. The second-order valence-electron chi connectivity index (χ2n) is 6.64. The van der Waals surface area contributed by atoms with Gasteiger partial charge in [-0.15, -0.1) is 0 Å². The molecule has 0 saturated heterocycles. The number of nitrogens with zero attached hydrogens (tertiary/aromatic N) is 1. The summed E-state index contributed by atoms with van der Waals surface area (Å²) >= 11 is 22.5. The molecule has 0 bridgehead atoms. The number of benzene rings is 3. The monoisotopic (exact) mass is 696 g/mol. The molecule has 0 fully saturated rings. The molecular weight excluding hydrogens is 684 g/mol. The van der Waals surface area contributed by atoms with Crippen LogP contribution < -0.4 is 5.32 Å². The molecule has 0 aliphatic rings. The third-order valence-electron chi connectivity index (χ3n) is 4.62. The van der Waals surface area contributed by atoms with Gasteiger partial charge < -0.3 is 10.4 Å². The van der Waals surface area contributed by atoms with Crippen LogP contribution in [0.5, 0.6) is 5.75 Å². The second-order valence-corrected chi connectivity index (χ2v) is 10.1. The van der Waals surface area contributed by atoms with Crippen molar-refractivity contribution in [2.24, 2.45) is 0 Å². The van der Waals surface area contributed by atoms with E-state index >= 15 is 0 Å². The SMILES string of the molecule is Cc1cc(C(C#N)c2ccc(Cl)cc2)c(Cl)cc1NC(=O)c1cc(I)c(Cl)c(I)c1O. The van der Waals surface area contributed by atoms with Crippen molar-refractivity contribution in [3.63, 3.8) is 0 Å². The predicted molar refractivity (Wildman–Crippen MR) is 142 cm³/mol. The number of carbonyl (C=O) groups is 1. The highest BCUT2D eigenvalue weighted by Gasteiger charge is 2.22. The fourth-order valence-corrected chi connectivity index (χ4v) is 5.21. The molecule has 3 rings (SSSR count). The Bertz CT molecular complexity index is 1230. The molecule has 0 radical (unpaired) electrons. The van der Waals surface area contributed by atoms with Crippen molar-refractivity contribution in [2.45, 2.75) is 12.8 Å². The van der Waals surface area contributed by atoms with E-state index in [0.717, 1.165) is 11.1 Å². The molecule has 0 spiro atoms. The molecule has 3 aromatic carbocycles. The van der Waals surface area contributed by atoms with E-state index in [-0.39, 0.29) is 11.3 Å². The lowest BCUT2D eigenvalue weighted by molar-refractivity contribution is 0.102. The van der Waals surface area contributed by atoms with Crippen molar-refractivity contribution in [2.75, 3.05) is 5.32 Å². The average Bonchev–Trinajstić information content (AvgIpc) is 2.74. The zero-order valence-corrected chi connectivity index (χ0v) is 22.4. The van der Waals surface area contributed by atoms with Crippen molar-refractivity contribution < 1.29 is 9.90 Å². The lowest BCUT2D eigenvalue weighted by Gasteiger charge is -2.17. The van der Waals surface area contributed by atoms with E-state index < -0.39 is 11.8 Å². The van der Waals surface area contributed by atoms with Crippen molar-refractivity contribution in [3.05, 3.63) is 86.9 Å². The molecule has 0 aliphatic carbocycles. The van der Waals surface area contributed by atoms with Crippen LogP contribution in [0.2, 0.25) is 15.1 Å². The van der Waals surface area contributed by atoms with Crippen LogP contribution in [0.1, 0.15) is 33.0 Å². The number of hydrogen-bond acceptors (Lipinski definition) is 3. The molecule has 0 aromatic heterocycles. The maximum Gasteiger partial charge on any atom is 0.259 e. The van der Waals surface area contributed by atoms with Gasteiger partial charge in [0.15, 0.2) is 0 Å². The number of anilines is 1. The Hall–Kier alpha value is -1.25. The second kappa shape index (κ2) is 10.1. The van der Waals surface area contributed by atoms with Crippen LogP contribution in [0.4, 0.5) is 5.69 Å². The molecule has 2 N–H and O–H groups in total.